The maximum atomic E-state index is 9.38. The van der Waals surface area contributed by atoms with Gasteiger partial charge >= 0.3 is 0 Å². The first-order chi connectivity index (χ1) is 9.80. The van der Waals surface area contributed by atoms with Crippen LogP contribution in [0.5, 0.6) is 0 Å². The summed E-state index contributed by atoms with van der Waals surface area (Å²) in [5.41, 5.74) is 2.59. The van der Waals surface area contributed by atoms with Gasteiger partial charge in [0, 0.05) is 13.2 Å². The average Bonchev–Trinajstić information content (AvgIpc) is 2.99. The summed E-state index contributed by atoms with van der Waals surface area (Å²) in [6.45, 7) is 5.73. The average molecular weight is 274 g/mol. The molecule has 1 fully saturated rings. The Balaban J connectivity index is 2.05. The molecule has 0 saturated carbocycles. The van der Waals surface area contributed by atoms with Crippen LogP contribution in [0.1, 0.15) is 49.9 Å². The molecule has 1 saturated heterocycles. The van der Waals surface area contributed by atoms with Crippen LogP contribution in [0.25, 0.3) is 0 Å². The lowest BCUT2D eigenvalue weighted by atomic mass is 10.0. The lowest BCUT2D eigenvalue weighted by Crippen LogP contribution is -2.15. The largest absolute Gasteiger partial charge is 0.378 e. The number of anilines is 1. The van der Waals surface area contributed by atoms with Gasteiger partial charge in [-0.05, 0) is 37.7 Å². The summed E-state index contributed by atoms with van der Waals surface area (Å²) in [5, 5.41) is 21.0. The standard InChI is InChI=1S/C15H22N4O/c1-3-12-13(10-16)15(19-18-14(12)4-2)17-8-7-11-6-5-9-20-11/h11H,3-9H2,1-2H3,(H,17,19). The Morgan fingerprint density at radius 2 is 2.20 bits per heavy atom. The van der Waals surface area contributed by atoms with Crippen LogP contribution in [-0.2, 0) is 17.6 Å². The number of nitrogens with one attached hydrogen (secondary N) is 1. The zero-order chi connectivity index (χ0) is 14.4. The van der Waals surface area contributed by atoms with Crippen molar-refractivity contribution in [1.29, 1.82) is 5.26 Å². The number of nitrogens with zero attached hydrogens (tertiary/aromatic N) is 3. The van der Waals surface area contributed by atoms with Gasteiger partial charge in [-0.1, -0.05) is 13.8 Å². The van der Waals surface area contributed by atoms with Crippen LogP contribution in [0, 0.1) is 11.3 Å². The van der Waals surface area contributed by atoms with Crippen molar-refractivity contribution in [3.8, 4) is 6.07 Å². The minimum absolute atomic E-state index is 0.349. The third-order valence-corrected chi connectivity index (χ3v) is 3.74. The molecular weight excluding hydrogens is 252 g/mol. The maximum Gasteiger partial charge on any atom is 0.166 e. The van der Waals surface area contributed by atoms with Crippen LogP contribution in [0.3, 0.4) is 0 Å². The Morgan fingerprint density at radius 3 is 2.80 bits per heavy atom. The van der Waals surface area contributed by atoms with Gasteiger partial charge in [0.1, 0.15) is 11.6 Å². The van der Waals surface area contributed by atoms with Gasteiger partial charge in [-0.2, -0.15) is 10.4 Å². The zero-order valence-electron chi connectivity index (χ0n) is 12.3. The van der Waals surface area contributed by atoms with E-state index in [0.29, 0.717) is 17.5 Å². The Kier molecular flexibility index (Phi) is 5.31. The summed E-state index contributed by atoms with van der Waals surface area (Å²) in [6.07, 6.45) is 5.20. The fourth-order valence-corrected chi connectivity index (χ4v) is 2.64. The smallest absolute Gasteiger partial charge is 0.166 e. The van der Waals surface area contributed by atoms with Crippen LogP contribution in [-0.4, -0.2) is 29.5 Å². The van der Waals surface area contributed by atoms with Gasteiger partial charge in [0.05, 0.1) is 11.8 Å². The molecule has 0 amide bonds. The Hall–Kier alpha value is -1.67. The maximum absolute atomic E-state index is 9.38. The molecular formula is C15H22N4O. The minimum atomic E-state index is 0.349. The van der Waals surface area contributed by atoms with E-state index in [-0.39, 0.29) is 0 Å². The molecule has 5 nitrogen and oxygen atoms in total. The van der Waals surface area contributed by atoms with Gasteiger partial charge in [0.2, 0.25) is 0 Å². The monoisotopic (exact) mass is 274 g/mol. The molecule has 2 heterocycles. The number of ether oxygens (including phenoxy) is 1. The SMILES string of the molecule is CCc1nnc(NCCC2CCCO2)c(C#N)c1CC. The van der Waals surface area contributed by atoms with E-state index in [0.717, 1.165) is 56.5 Å². The molecule has 0 spiro atoms. The Morgan fingerprint density at radius 1 is 1.35 bits per heavy atom. The first-order valence-corrected chi connectivity index (χ1v) is 7.44. The Labute approximate surface area is 120 Å². The molecule has 0 aliphatic carbocycles. The molecule has 0 aromatic carbocycles. The highest BCUT2D eigenvalue weighted by Crippen LogP contribution is 2.20. The fourth-order valence-electron chi connectivity index (χ4n) is 2.64. The Bertz CT molecular complexity index is 489. The van der Waals surface area contributed by atoms with E-state index in [1.165, 1.54) is 0 Å². The summed E-state index contributed by atoms with van der Waals surface area (Å²) in [6, 6.07) is 2.27. The van der Waals surface area contributed by atoms with Crippen molar-refractivity contribution >= 4 is 5.82 Å². The van der Waals surface area contributed by atoms with Crippen LogP contribution in [0.4, 0.5) is 5.82 Å². The van der Waals surface area contributed by atoms with Crippen molar-refractivity contribution < 1.29 is 4.74 Å². The molecule has 1 aromatic rings. The third kappa shape index (κ3) is 3.26. The van der Waals surface area contributed by atoms with E-state index in [1.54, 1.807) is 0 Å². The van der Waals surface area contributed by atoms with Crippen LogP contribution in [0.2, 0.25) is 0 Å². The van der Waals surface area contributed by atoms with Crippen LogP contribution >= 0.6 is 0 Å². The summed E-state index contributed by atoms with van der Waals surface area (Å²) >= 11 is 0. The van der Waals surface area contributed by atoms with Crippen molar-refractivity contribution in [2.24, 2.45) is 0 Å². The van der Waals surface area contributed by atoms with E-state index in [2.05, 4.69) is 21.6 Å². The summed E-state index contributed by atoms with van der Waals surface area (Å²) in [4.78, 5) is 0. The molecule has 2 rings (SSSR count). The molecule has 1 N–H and O–H groups in total. The molecule has 1 atom stereocenters. The van der Waals surface area contributed by atoms with Crippen LogP contribution in [0.15, 0.2) is 0 Å². The van der Waals surface area contributed by atoms with Gasteiger partial charge in [0.15, 0.2) is 5.82 Å². The minimum Gasteiger partial charge on any atom is -0.378 e. The second kappa shape index (κ2) is 7.20. The summed E-state index contributed by atoms with van der Waals surface area (Å²) < 4.78 is 5.59. The number of aromatic nitrogens is 2. The zero-order valence-corrected chi connectivity index (χ0v) is 12.3. The van der Waals surface area contributed by atoms with Gasteiger partial charge in [0.25, 0.3) is 0 Å². The van der Waals surface area contributed by atoms with Gasteiger partial charge in [-0.15, -0.1) is 5.10 Å². The molecule has 1 aliphatic rings. The second-order valence-corrected chi connectivity index (χ2v) is 5.02. The molecule has 1 unspecified atom stereocenters. The lowest BCUT2D eigenvalue weighted by Gasteiger charge is -2.13. The predicted octanol–water partition coefficient (Wildman–Crippen LogP) is 2.45. The van der Waals surface area contributed by atoms with Gasteiger partial charge < -0.3 is 10.1 Å². The number of hydrogen-bond donors (Lipinski definition) is 1. The molecule has 0 bridgehead atoms. The molecule has 1 aliphatic heterocycles. The van der Waals surface area contributed by atoms with Gasteiger partial charge in [-0.3, -0.25) is 0 Å². The van der Waals surface area contributed by atoms with Crippen molar-refractivity contribution in [1.82, 2.24) is 10.2 Å². The predicted molar refractivity (Wildman–Crippen MR) is 77.6 cm³/mol. The number of hydrogen-bond acceptors (Lipinski definition) is 5. The van der Waals surface area contributed by atoms with E-state index < -0.39 is 0 Å². The van der Waals surface area contributed by atoms with E-state index in [1.807, 2.05) is 13.8 Å². The topological polar surface area (TPSA) is 70.8 Å². The second-order valence-electron chi connectivity index (χ2n) is 5.02. The lowest BCUT2D eigenvalue weighted by molar-refractivity contribution is 0.107. The fraction of sp³-hybridized carbons (Fsp3) is 0.667. The number of rotatable bonds is 6. The first-order valence-electron chi connectivity index (χ1n) is 7.44. The number of nitriles is 1. The van der Waals surface area contributed by atoms with E-state index >= 15 is 0 Å². The quantitative estimate of drug-likeness (QED) is 0.862. The molecule has 1 aromatic heterocycles. The van der Waals surface area contributed by atoms with Crippen molar-refractivity contribution in [2.75, 3.05) is 18.5 Å². The third-order valence-electron chi connectivity index (χ3n) is 3.74. The molecule has 20 heavy (non-hydrogen) atoms. The molecule has 108 valence electrons. The van der Waals surface area contributed by atoms with Crippen molar-refractivity contribution in [2.45, 2.75) is 52.1 Å². The normalized spacial score (nSPS) is 17.9. The summed E-state index contributed by atoms with van der Waals surface area (Å²) in [7, 11) is 0. The van der Waals surface area contributed by atoms with Crippen molar-refractivity contribution in [3.05, 3.63) is 16.8 Å². The van der Waals surface area contributed by atoms with Gasteiger partial charge in [-0.25, -0.2) is 0 Å². The molecule has 5 heteroatoms. The highest BCUT2D eigenvalue weighted by Gasteiger charge is 2.17. The molecule has 0 radical (unpaired) electrons. The first kappa shape index (κ1) is 14.7. The van der Waals surface area contributed by atoms with E-state index in [9.17, 15) is 5.26 Å². The van der Waals surface area contributed by atoms with Crippen molar-refractivity contribution in [3.63, 3.8) is 0 Å². The highest BCUT2D eigenvalue weighted by molar-refractivity contribution is 5.56. The summed E-state index contributed by atoms with van der Waals surface area (Å²) in [5.74, 6) is 0.611. The highest BCUT2D eigenvalue weighted by atomic mass is 16.5. The van der Waals surface area contributed by atoms with Crippen LogP contribution < -0.4 is 5.32 Å². The van der Waals surface area contributed by atoms with E-state index in [4.69, 9.17) is 4.74 Å². The number of aryl methyl sites for hydroxylation is 1.